The van der Waals surface area contributed by atoms with Gasteiger partial charge in [-0.2, -0.15) is 0 Å². The number of amides is 3. The molecular formula is C24H29N7O3. The first-order chi connectivity index (χ1) is 16.6. The number of rotatable bonds is 6. The highest BCUT2D eigenvalue weighted by molar-refractivity contribution is 5.94. The van der Waals surface area contributed by atoms with E-state index in [-0.39, 0.29) is 6.03 Å². The number of likely N-dealkylation sites (tertiary alicyclic amines) is 1. The molecule has 0 bridgehead atoms. The minimum Gasteiger partial charge on any atom is -0.439 e. The van der Waals surface area contributed by atoms with Crippen LogP contribution in [0.15, 0.2) is 40.9 Å². The van der Waals surface area contributed by atoms with Crippen molar-refractivity contribution < 1.29 is 14.0 Å². The van der Waals surface area contributed by atoms with Crippen LogP contribution in [0.1, 0.15) is 24.4 Å². The second-order valence-electron chi connectivity index (χ2n) is 8.75. The second kappa shape index (κ2) is 9.68. The van der Waals surface area contributed by atoms with Gasteiger partial charge in [0.1, 0.15) is 5.52 Å². The third kappa shape index (κ3) is 4.67. The number of anilines is 2. The van der Waals surface area contributed by atoms with Gasteiger partial charge in [0.2, 0.25) is 12.3 Å². The minimum absolute atomic E-state index is 0.161. The Morgan fingerprint density at radius 1 is 1.09 bits per heavy atom. The van der Waals surface area contributed by atoms with Gasteiger partial charge in [-0.05, 0) is 44.0 Å². The topological polar surface area (TPSA) is 98.0 Å². The summed E-state index contributed by atoms with van der Waals surface area (Å²) in [6.45, 7) is 7.15. The number of hydrazine groups is 1. The molecule has 2 aliphatic heterocycles. The molecule has 10 nitrogen and oxygen atoms in total. The molecule has 0 unspecified atom stereocenters. The molecule has 2 fully saturated rings. The number of hydrogen-bond donors (Lipinski definition) is 1. The largest absolute Gasteiger partial charge is 0.439 e. The molecule has 2 aromatic heterocycles. The van der Waals surface area contributed by atoms with Crippen LogP contribution in [-0.4, -0.2) is 76.4 Å². The van der Waals surface area contributed by atoms with E-state index in [9.17, 15) is 9.59 Å². The van der Waals surface area contributed by atoms with Crippen molar-refractivity contribution in [3.8, 4) is 0 Å². The maximum absolute atomic E-state index is 12.6. The first kappa shape index (κ1) is 22.1. The van der Waals surface area contributed by atoms with Gasteiger partial charge in [0.05, 0.1) is 24.1 Å². The van der Waals surface area contributed by atoms with Gasteiger partial charge < -0.3 is 14.2 Å². The van der Waals surface area contributed by atoms with Crippen molar-refractivity contribution in [2.75, 3.05) is 49.7 Å². The van der Waals surface area contributed by atoms with E-state index in [1.54, 1.807) is 6.20 Å². The SMILES string of the molecule is Cc1ccc(NN(C=O)c2cccc3oc(CN4CCN(C(=O)N5CCCC5)CC4)nc23)cn1. The maximum atomic E-state index is 12.6. The van der Waals surface area contributed by atoms with E-state index in [0.29, 0.717) is 54.4 Å². The maximum Gasteiger partial charge on any atom is 0.320 e. The van der Waals surface area contributed by atoms with Gasteiger partial charge in [-0.25, -0.2) is 14.8 Å². The third-order valence-electron chi connectivity index (χ3n) is 6.35. The summed E-state index contributed by atoms with van der Waals surface area (Å²) in [5.41, 5.74) is 6.48. The molecule has 10 heteroatoms. The number of aromatic nitrogens is 2. The van der Waals surface area contributed by atoms with Crippen LogP contribution < -0.4 is 10.4 Å². The molecule has 3 aromatic rings. The molecule has 5 rings (SSSR count). The fourth-order valence-corrected chi connectivity index (χ4v) is 4.46. The van der Waals surface area contributed by atoms with Crippen LogP contribution >= 0.6 is 0 Å². The number of aryl methyl sites for hydroxylation is 1. The molecule has 0 radical (unpaired) electrons. The zero-order valence-corrected chi connectivity index (χ0v) is 19.3. The van der Waals surface area contributed by atoms with Crippen LogP contribution in [0.25, 0.3) is 11.1 Å². The highest BCUT2D eigenvalue weighted by Gasteiger charge is 2.27. The number of piperazine rings is 1. The van der Waals surface area contributed by atoms with E-state index < -0.39 is 0 Å². The number of carbonyl (C=O) groups excluding carboxylic acids is 2. The smallest absolute Gasteiger partial charge is 0.320 e. The summed E-state index contributed by atoms with van der Waals surface area (Å²) in [5.74, 6) is 0.588. The van der Waals surface area contributed by atoms with Crippen LogP contribution in [0.3, 0.4) is 0 Å². The Bertz CT molecular complexity index is 1150. The summed E-state index contributed by atoms with van der Waals surface area (Å²) in [4.78, 5) is 39.6. The molecule has 1 aromatic carbocycles. The normalized spacial score (nSPS) is 16.7. The van der Waals surface area contributed by atoms with Gasteiger partial charge >= 0.3 is 6.03 Å². The molecular weight excluding hydrogens is 434 g/mol. The highest BCUT2D eigenvalue weighted by atomic mass is 16.3. The van der Waals surface area contributed by atoms with Crippen molar-refractivity contribution >= 4 is 34.9 Å². The van der Waals surface area contributed by atoms with Crippen LogP contribution in [0.5, 0.6) is 0 Å². The lowest BCUT2D eigenvalue weighted by molar-refractivity contribution is -0.107. The second-order valence-corrected chi connectivity index (χ2v) is 8.75. The molecule has 0 spiro atoms. The van der Waals surface area contributed by atoms with Crippen molar-refractivity contribution in [1.29, 1.82) is 0 Å². The molecule has 0 aliphatic carbocycles. The number of pyridine rings is 1. The van der Waals surface area contributed by atoms with Gasteiger partial charge in [-0.15, -0.1) is 0 Å². The number of carbonyl (C=O) groups is 2. The monoisotopic (exact) mass is 463 g/mol. The number of nitrogens with one attached hydrogen (secondary N) is 1. The van der Waals surface area contributed by atoms with E-state index >= 15 is 0 Å². The molecule has 34 heavy (non-hydrogen) atoms. The minimum atomic E-state index is 0.161. The first-order valence-corrected chi connectivity index (χ1v) is 11.7. The fraction of sp³-hybridized carbons (Fsp3) is 0.417. The number of fused-ring (bicyclic) bond motifs is 1. The predicted octanol–water partition coefficient (Wildman–Crippen LogP) is 2.85. The van der Waals surface area contributed by atoms with Gasteiger partial charge in [0, 0.05) is 45.0 Å². The molecule has 4 heterocycles. The Kier molecular flexibility index (Phi) is 6.31. The van der Waals surface area contributed by atoms with Gasteiger partial charge in [0.15, 0.2) is 5.58 Å². The number of urea groups is 1. The fourth-order valence-electron chi connectivity index (χ4n) is 4.46. The lowest BCUT2D eigenvalue weighted by atomic mass is 10.2. The van der Waals surface area contributed by atoms with Gasteiger partial charge in [0.25, 0.3) is 0 Å². The predicted molar refractivity (Wildman–Crippen MR) is 128 cm³/mol. The number of hydrogen-bond acceptors (Lipinski definition) is 7. The summed E-state index contributed by atoms with van der Waals surface area (Å²) >= 11 is 0. The first-order valence-electron chi connectivity index (χ1n) is 11.7. The highest BCUT2D eigenvalue weighted by Crippen LogP contribution is 2.27. The number of benzene rings is 1. The Morgan fingerprint density at radius 3 is 2.56 bits per heavy atom. The zero-order valence-electron chi connectivity index (χ0n) is 19.3. The summed E-state index contributed by atoms with van der Waals surface area (Å²) in [5, 5.41) is 1.38. The van der Waals surface area contributed by atoms with Crippen LogP contribution in [-0.2, 0) is 11.3 Å². The average Bonchev–Trinajstić information content (AvgIpc) is 3.54. The van der Waals surface area contributed by atoms with Crippen LogP contribution in [0.2, 0.25) is 0 Å². The Hall–Kier alpha value is -3.66. The van der Waals surface area contributed by atoms with Crippen molar-refractivity contribution in [1.82, 2.24) is 24.7 Å². The lowest BCUT2D eigenvalue weighted by Gasteiger charge is -2.36. The third-order valence-corrected chi connectivity index (χ3v) is 6.35. The van der Waals surface area contributed by atoms with Crippen molar-refractivity contribution in [3.63, 3.8) is 0 Å². The molecule has 3 amide bonds. The molecule has 2 saturated heterocycles. The number of nitrogens with zero attached hydrogens (tertiary/aromatic N) is 6. The van der Waals surface area contributed by atoms with E-state index in [0.717, 1.165) is 44.7 Å². The van der Waals surface area contributed by atoms with Crippen molar-refractivity contribution in [3.05, 3.63) is 48.1 Å². The summed E-state index contributed by atoms with van der Waals surface area (Å²) in [7, 11) is 0. The lowest BCUT2D eigenvalue weighted by Crippen LogP contribution is -2.52. The van der Waals surface area contributed by atoms with E-state index in [1.807, 2.05) is 47.1 Å². The molecule has 1 N–H and O–H groups in total. The molecule has 0 atom stereocenters. The molecule has 178 valence electrons. The summed E-state index contributed by atoms with van der Waals surface area (Å²) < 4.78 is 6.00. The van der Waals surface area contributed by atoms with E-state index in [2.05, 4.69) is 15.3 Å². The zero-order chi connectivity index (χ0) is 23.5. The van der Waals surface area contributed by atoms with Gasteiger partial charge in [-0.1, -0.05) is 6.07 Å². The van der Waals surface area contributed by atoms with Crippen LogP contribution in [0, 0.1) is 6.92 Å². The van der Waals surface area contributed by atoms with Crippen LogP contribution in [0.4, 0.5) is 16.2 Å². The van der Waals surface area contributed by atoms with E-state index in [1.165, 1.54) is 5.01 Å². The standard InChI is InChI=1S/C24H29N7O3/c1-18-7-8-19(15-25-18)27-31(17-32)20-5-4-6-21-23(20)26-22(34-21)16-28-11-13-30(14-12-28)24(33)29-9-2-3-10-29/h4-8,15,17,27H,2-3,9-14,16H2,1H3. The summed E-state index contributed by atoms with van der Waals surface area (Å²) in [6.07, 6.45) is 4.59. The molecule has 0 saturated carbocycles. The average molecular weight is 464 g/mol. The van der Waals surface area contributed by atoms with Gasteiger partial charge in [-0.3, -0.25) is 20.1 Å². The van der Waals surface area contributed by atoms with Crippen molar-refractivity contribution in [2.24, 2.45) is 0 Å². The number of oxazole rings is 1. The molecule has 2 aliphatic rings. The van der Waals surface area contributed by atoms with Crippen molar-refractivity contribution in [2.45, 2.75) is 26.3 Å². The van der Waals surface area contributed by atoms with E-state index in [4.69, 9.17) is 9.40 Å². The Labute approximate surface area is 198 Å². The number of para-hydroxylation sites is 1. The Morgan fingerprint density at radius 2 is 1.85 bits per heavy atom. The quantitative estimate of drug-likeness (QED) is 0.443. The summed E-state index contributed by atoms with van der Waals surface area (Å²) in [6, 6.07) is 9.40. The Balaban J connectivity index is 1.25.